The molecular weight excluding hydrogens is 389 g/mol. The highest BCUT2D eigenvalue weighted by Crippen LogP contribution is 2.45. The van der Waals surface area contributed by atoms with Crippen LogP contribution in [0.25, 0.3) is 0 Å². The van der Waals surface area contributed by atoms with Gasteiger partial charge in [0.15, 0.2) is 5.72 Å². The molecule has 24 heavy (non-hydrogen) atoms. The van der Waals surface area contributed by atoms with Crippen LogP contribution in [0.1, 0.15) is 42.5 Å². The second kappa shape index (κ2) is 6.15. The van der Waals surface area contributed by atoms with Gasteiger partial charge in [-0.1, -0.05) is 28.8 Å². The molecule has 1 aliphatic heterocycles. The number of alkyl halides is 3. The van der Waals surface area contributed by atoms with E-state index >= 15 is 0 Å². The van der Waals surface area contributed by atoms with Gasteiger partial charge in [0.25, 0.3) is 5.91 Å². The summed E-state index contributed by atoms with van der Waals surface area (Å²) in [7, 11) is 0. The third-order valence-corrected chi connectivity index (χ3v) is 5.10. The average molecular weight is 405 g/mol. The summed E-state index contributed by atoms with van der Waals surface area (Å²) >= 11 is 3.24. The summed E-state index contributed by atoms with van der Waals surface area (Å²) in [6.45, 7) is 0. The summed E-state index contributed by atoms with van der Waals surface area (Å²) < 4.78 is 40.8. The first-order valence-corrected chi connectivity index (χ1v) is 8.51. The van der Waals surface area contributed by atoms with E-state index in [4.69, 9.17) is 0 Å². The highest BCUT2D eigenvalue weighted by Gasteiger charge is 2.59. The SMILES string of the molecule is O=C(c1ccc(Br)cc1)N1N=C(C(F)(F)F)[C@@H]2CCCCC[C@]21O. The molecule has 1 heterocycles. The first-order chi connectivity index (χ1) is 11.2. The Balaban J connectivity index is 2.02. The zero-order valence-electron chi connectivity index (χ0n) is 12.7. The van der Waals surface area contributed by atoms with Gasteiger partial charge in [-0.05, 0) is 43.5 Å². The van der Waals surface area contributed by atoms with E-state index < -0.39 is 29.4 Å². The molecule has 8 heteroatoms. The summed E-state index contributed by atoms with van der Waals surface area (Å²) in [5.74, 6) is -1.92. The molecule has 2 aliphatic rings. The number of halogens is 4. The molecule has 0 aromatic heterocycles. The monoisotopic (exact) mass is 404 g/mol. The van der Waals surface area contributed by atoms with Crippen LogP contribution in [0.4, 0.5) is 13.2 Å². The molecule has 1 saturated carbocycles. The fraction of sp³-hybridized carbons (Fsp3) is 0.500. The first-order valence-electron chi connectivity index (χ1n) is 7.71. The lowest BCUT2D eigenvalue weighted by Gasteiger charge is -2.35. The van der Waals surface area contributed by atoms with Crippen LogP contribution in [0.5, 0.6) is 0 Å². The van der Waals surface area contributed by atoms with Crippen molar-refractivity contribution in [3.05, 3.63) is 34.3 Å². The van der Waals surface area contributed by atoms with Gasteiger partial charge in [0.05, 0.1) is 5.92 Å². The fourth-order valence-electron chi connectivity index (χ4n) is 3.38. The van der Waals surface area contributed by atoms with Crippen LogP contribution in [-0.4, -0.2) is 33.6 Å². The number of benzene rings is 1. The summed E-state index contributed by atoms with van der Waals surface area (Å²) in [6.07, 6.45) is -2.57. The van der Waals surface area contributed by atoms with E-state index in [1.165, 1.54) is 12.1 Å². The number of amides is 1. The number of hydrogen-bond acceptors (Lipinski definition) is 3. The summed E-state index contributed by atoms with van der Waals surface area (Å²) in [5.41, 5.74) is -2.79. The van der Waals surface area contributed by atoms with Crippen LogP contribution in [0.2, 0.25) is 0 Å². The van der Waals surface area contributed by atoms with Crippen molar-refractivity contribution in [3.8, 4) is 0 Å². The van der Waals surface area contributed by atoms with E-state index in [0.29, 0.717) is 17.9 Å². The maximum Gasteiger partial charge on any atom is 0.431 e. The standard InChI is InChI=1S/C16H16BrF3N2O2/c17-11-7-5-10(6-8-11)14(23)22-15(24)9-3-1-2-4-12(15)13(21-22)16(18,19)20/h5-8,12,24H,1-4,9H2/t12-,15-/m0/s1. The van der Waals surface area contributed by atoms with Gasteiger partial charge < -0.3 is 5.11 Å². The summed E-state index contributed by atoms with van der Waals surface area (Å²) in [6, 6.07) is 6.21. The van der Waals surface area contributed by atoms with Crippen molar-refractivity contribution in [2.24, 2.45) is 11.0 Å². The van der Waals surface area contributed by atoms with Crippen LogP contribution in [0.3, 0.4) is 0 Å². The van der Waals surface area contributed by atoms with Gasteiger partial charge in [0.1, 0.15) is 5.71 Å². The topological polar surface area (TPSA) is 52.9 Å². The fourth-order valence-corrected chi connectivity index (χ4v) is 3.64. The zero-order valence-corrected chi connectivity index (χ0v) is 14.3. The Morgan fingerprint density at radius 2 is 1.92 bits per heavy atom. The average Bonchev–Trinajstić information content (AvgIpc) is 2.67. The van der Waals surface area contributed by atoms with Gasteiger partial charge in [0, 0.05) is 10.0 Å². The molecule has 0 radical (unpaired) electrons. The van der Waals surface area contributed by atoms with Crippen LogP contribution in [-0.2, 0) is 0 Å². The Kier molecular flexibility index (Phi) is 4.46. The highest BCUT2D eigenvalue weighted by molar-refractivity contribution is 9.10. The molecule has 130 valence electrons. The molecule has 0 saturated heterocycles. The predicted molar refractivity (Wildman–Crippen MR) is 85.3 cm³/mol. The van der Waals surface area contributed by atoms with Gasteiger partial charge >= 0.3 is 6.18 Å². The maximum atomic E-state index is 13.3. The number of aliphatic hydroxyl groups is 1. The van der Waals surface area contributed by atoms with E-state index in [2.05, 4.69) is 21.0 Å². The molecule has 4 nitrogen and oxygen atoms in total. The third-order valence-electron chi connectivity index (χ3n) is 4.57. The molecule has 1 aliphatic carbocycles. The Morgan fingerprint density at radius 3 is 2.54 bits per heavy atom. The Morgan fingerprint density at radius 1 is 1.25 bits per heavy atom. The van der Waals surface area contributed by atoms with Crippen LogP contribution < -0.4 is 0 Å². The van der Waals surface area contributed by atoms with Gasteiger partial charge in [-0.15, -0.1) is 0 Å². The van der Waals surface area contributed by atoms with Gasteiger partial charge in [0.2, 0.25) is 0 Å². The number of carbonyl (C=O) groups is 1. The smallest absolute Gasteiger partial charge is 0.368 e. The van der Waals surface area contributed by atoms with Gasteiger partial charge in [-0.3, -0.25) is 4.79 Å². The van der Waals surface area contributed by atoms with E-state index in [1.54, 1.807) is 12.1 Å². The minimum absolute atomic E-state index is 0.0863. The lowest BCUT2D eigenvalue weighted by atomic mass is 9.87. The lowest BCUT2D eigenvalue weighted by molar-refractivity contribution is -0.108. The Hall–Kier alpha value is -1.41. The predicted octanol–water partition coefficient (Wildman–Crippen LogP) is 4.09. The number of fused-ring (bicyclic) bond motifs is 1. The van der Waals surface area contributed by atoms with Crippen LogP contribution in [0, 0.1) is 5.92 Å². The largest absolute Gasteiger partial charge is 0.431 e. The molecule has 1 fully saturated rings. The van der Waals surface area contributed by atoms with Crippen LogP contribution >= 0.6 is 15.9 Å². The van der Waals surface area contributed by atoms with E-state index in [1.807, 2.05) is 0 Å². The minimum Gasteiger partial charge on any atom is -0.368 e. The second-order valence-corrected chi connectivity index (χ2v) is 7.05. The molecule has 3 rings (SSSR count). The molecule has 0 bridgehead atoms. The zero-order chi connectivity index (χ0) is 17.5. The van der Waals surface area contributed by atoms with Gasteiger partial charge in [-0.25, -0.2) is 0 Å². The number of rotatable bonds is 1. The first kappa shape index (κ1) is 17.4. The summed E-state index contributed by atoms with van der Waals surface area (Å²) in [5, 5.41) is 15.1. The highest BCUT2D eigenvalue weighted by atomic mass is 79.9. The quantitative estimate of drug-likeness (QED) is 0.765. The van der Waals surface area contributed by atoms with Crippen molar-refractivity contribution in [2.75, 3.05) is 0 Å². The summed E-state index contributed by atoms with van der Waals surface area (Å²) in [4.78, 5) is 12.7. The minimum atomic E-state index is -4.67. The molecule has 1 N–H and O–H groups in total. The van der Waals surface area contributed by atoms with Crippen molar-refractivity contribution in [1.82, 2.24) is 5.01 Å². The molecule has 1 aromatic rings. The maximum absolute atomic E-state index is 13.3. The van der Waals surface area contributed by atoms with Crippen molar-refractivity contribution >= 4 is 27.5 Å². The molecule has 2 atom stereocenters. The van der Waals surface area contributed by atoms with Crippen molar-refractivity contribution in [3.63, 3.8) is 0 Å². The molecule has 0 spiro atoms. The molecule has 0 unspecified atom stereocenters. The lowest BCUT2D eigenvalue weighted by Crippen LogP contribution is -2.51. The van der Waals surface area contributed by atoms with E-state index in [9.17, 15) is 23.1 Å². The number of hydrogen-bond donors (Lipinski definition) is 1. The Labute approximate surface area is 145 Å². The third kappa shape index (κ3) is 2.97. The Bertz CT molecular complexity index is 675. The second-order valence-electron chi connectivity index (χ2n) is 6.14. The van der Waals surface area contributed by atoms with Crippen molar-refractivity contribution in [1.29, 1.82) is 0 Å². The molecule has 1 amide bonds. The molecular formula is C16H16BrF3N2O2. The van der Waals surface area contributed by atoms with E-state index in [-0.39, 0.29) is 18.4 Å². The van der Waals surface area contributed by atoms with Crippen molar-refractivity contribution < 1.29 is 23.1 Å². The number of hydrazone groups is 1. The number of nitrogens with zero attached hydrogens (tertiary/aromatic N) is 2. The molecule has 1 aromatic carbocycles. The van der Waals surface area contributed by atoms with Crippen molar-refractivity contribution in [2.45, 2.75) is 44.0 Å². The van der Waals surface area contributed by atoms with E-state index in [0.717, 1.165) is 10.9 Å². The van der Waals surface area contributed by atoms with Gasteiger partial charge in [-0.2, -0.15) is 23.3 Å². The number of carbonyl (C=O) groups excluding carboxylic acids is 1. The van der Waals surface area contributed by atoms with Crippen LogP contribution in [0.15, 0.2) is 33.8 Å². The normalized spacial score (nSPS) is 27.5.